The molecule has 0 fully saturated rings. The number of hydrogen-bond donors (Lipinski definition) is 1. The van der Waals surface area contributed by atoms with Gasteiger partial charge in [-0.05, 0) is 6.42 Å². The Morgan fingerprint density at radius 1 is 1.89 bits per heavy atom. The summed E-state index contributed by atoms with van der Waals surface area (Å²) in [5.41, 5.74) is -0.908. The van der Waals surface area contributed by atoms with Crippen molar-refractivity contribution < 1.29 is 9.84 Å². The number of rotatable bonds is 2. The van der Waals surface area contributed by atoms with Gasteiger partial charge in [-0.2, -0.15) is 0 Å². The van der Waals surface area contributed by atoms with Gasteiger partial charge in [-0.1, -0.05) is 0 Å². The van der Waals surface area contributed by atoms with E-state index in [1.165, 1.54) is 0 Å². The highest BCUT2D eigenvalue weighted by Gasteiger charge is 2.27. The van der Waals surface area contributed by atoms with Crippen LogP contribution in [0.5, 0.6) is 0 Å². The SMILES string of the molecule is COC[C@]1(O)CCC=N1. The van der Waals surface area contributed by atoms with Crippen molar-refractivity contribution in [1.82, 2.24) is 0 Å². The van der Waals surface area contributed by atoms with Gasteiger partial charge >= 0.3 is 0 Å². The van der Waals surface area contributed by atoms with E-state index in [9.17, 15) is 5.11 Å². The second-order valence-electron chi connectivity index (χ2n) is 2.27. The molecule has 0 aliphatic carbocycles. The molecule has 0 saturated carbocycles. The molecular weight excluding hydrogens is 118 g/mol. The quantitative estimate of drug-likeness (QED) is 0.578. The van der Waals surface area contributed by atoms with Gasteiger partial charge in [0.15, 0.2) is 5.72 Å². The van der Waals surface area contributed by atoms with E-state index in [-0.39, 0.29) is 0 Å². The first-order valence-electron chi connectivity index (χ1n) is 3.02. The van der Waals surface area contributed by atoms with Crippen molar-refractivity contribution in [2.45, 2.75) is 18.6 Å². The lowest BCUT2D eigenvalue weighted by Gasteiger charge is -2.16. The van der Waals surface area contributed by atoms with Gasteiger partial charge in [-0.25, -0.2) is 0 Å². The first kappa shape index (κ1) is 6.71. The lowest BCUT2D eigenvalue weighted by molar-refractivity contribution is -0.0224. The highest BCUT2D eigenvalue weighted by Crippen LogP contribution is 2.18. The molecule has 9 heavy (non-hydrogen) atoms. The Labute approximate surface area is 54.4 Å². The summed E-state index contributed by atoms with van der Waals surface area (Å²) in [5, 5.41) is 9.37. The van der Waals surface area contributed by atoms with Crippen LogP contribution in [-0.2, 0) is 4.74 Å². The molecule has 3 nitrogen and oxygen atoms in total. The fourth-order valence-electron chi connectivity index (χ4n) is 0.935. The zero-order valence-corrected chi connectivity index (χ0v) is 5.50. The Hall–Kier alpha value is -0.410. The van der Waals surface area contributed by atoms with Crippen LogP contribution in [0.2, 0.25) is 0 Å². The summed E-state index contributed by atoms with van der Waals surface area (Å²) in [7, 11) is 1.56. The van der Waals surface area contributed by atoms with Gasteiger partial charge in [0.1, 0.15) is 0 Å². The van der Waals surface area contributed by atoms with Gasteiger partial charge in [0.25, 0.3) is 0 Å². The fraction of sp³-hybridized carbons (Fsp3) is 0.833. The molecule has 1 rings (SSSR count). The Balaban J connectivity index is 2.42. The zero-order chi connectivity index (χ0) is 6.74. The third-order valence-electron chi connectivity index (χ3n) is 1.38. The maximum absolute atomic E-state index is 9.37. The molecule has 0 radical (unpaired) electrons. The van der Waals surface area contributed by atoms with Gasteiger partial charge < -0.3 is 9.84 Å². The maximum atomic E-state index is 9.37. The summed E-state index contributed by atoms with van der Waals surface area (Å²) in [6.07, 6.45) is 3.29. The minimum absolute atomic E-state index is 0.309. The summed E-state index contributed by atoms with van der Waals surface area (Å²) >= 11 is 0. The summed E-state index contributed by atoms with van der Waals surface area (Å²) < 4.78 is 4.77. The molecule has 0 unspecified atom stereocenters. The van der Waals surface area contributed by atoms with Crippen LogP contribution in [0.1, 0.15) is 12.8 Å². The summed E-state index contributed by atoms with van der Waals surface area (Å²) in [5.74, 6) is 0. The number of ether oxygens (including phenoxy) is 1. The summed E-state index contributed by atoms with van der Waals surface area (Å²) in [6.45, 7) is 0.309. The minimum atomic E-state index is -0.908. The van der Waals surface area contributed by atoms with Gasteiger partial charge in [-0.15, -0.1) is 0 Å². The molecule has 0 aromatic rings. The van der Waals surface area contributed by atoms with Crippen molar-refractivity contribution in [2.24, 2.45) is 4.99 Å². The average molecular weight is 129 g/mol. The second kappa shape index (κ2) is 2.45. The van der Waals surface area contributed by atoms with Crippen molar-refractivity contribution >= 4 is 6.21 Å². The van der Waals surface area contributed by atoms with Crippen LogP contribution in [-0.4, -0.2) is 30.8 Å². The van der Waals surface area contributed by atoms with Crippen LogP contribution in [0.25, 0.3) is 0 Å². The molecule has 1 N–H and O–H groups in total. The molecule has 0 amide bonds. The third kappa shape index (κ3) is 1.50. The Morgan fingerprint density at radius 3 is 3.11 bits per heavy atom. The van der Waals surface area contributed by atoms with E-state index in [0.29, 0.717) is 13.0 Å². The first-order chi connectivity index (χ1) is 4.27. The standard InChI is InChI=1S/C6H11NO2/c1-9-5-6(8)3-2-4-7-6/h4,8H,2-3,5H2,1H3/t6-/m1/s1. The van der Waals surface area contributed by atoms with Gasteiger partial charge in [-0.3, -0.25) is 4.99 Å². The Bertz CT molecular complexity index is 124. The van der Waals surface area contributed by atoms with E-state index in [1.54, 1.807) is 13.3 Å². The second-order valence-corrected chi connectivity index (χ2v) is 2.27. The molecule has 0 aromatic carbocycles. The topological polar surface area (TPSA) is 41.8 Å². The summed E-state index contributed by atoms with van der Waals surface area (Å²) in [6, 6.07) is 0. The lowest BCUT2D eigenvalue weighted by Crippen LogP contribution is -2.28. The number of nitrogens with zero attached hydrogens (tertiary/aromatic N) is 1. The van der Waals surface area contributed by atoms with E-state index < -0.39 is 5.72 Å². The molecule has 0 bridgehead atoms. The Kier molecular flexibility index (Phi) is 1.83. The van der Waals surface area contributed by atoms with Gasteiger partial charge in [0, 0.05) is 19.7 Å². The molecule has 1 atom stereocenters. The number of hydrogen-bond acceptors (Lipinski definition) is 3. The van der Waals surface area contributed by atoms with Crippen LogP contribution in [0.4, 0.5) is 0 Å². The first-order valence-corrected chi connectivity index (χ1v) is 3.02. The number of aliphatic hydroxyl groups is 1. The Morgan fingerprint density at radius 2 is 2.67 bits per heavy atom. The summed E-state index contributed by atoms with van der Waals surface area (Å²) in [4.78, 5) is 3.86. The van der Waals surface area contributed by atoms with Crippen LogP contribution in [0.15, 0.2) is 4.99 Å². The van der Waals surface area contributed by atoms with Gasteiger partial charge in [0.05, 0.1) is 6.61 Å². The number of aliphatic imine (C=N–C) groups is 1. The molecule has 0 spiro atoms. The largest absolute Gasteiger partial charge is 0.380 e. The van der Waals surface area contributed by atoms with Crippen LogP contribution in [0.3, 0.4) is 0 Å². The highest BCUT2D eigenvalue weighted by molar-refractivity contribution is 5.60. The molecule has 1 aliphatic rings. The third-order valence-corrected chi connectivity index (χ3v) is 1.38. The van der Waals surface area contributed by atoms with Crippen LogP contribution in [0, 0.1) is 0 Å². The molecule has 0 aromatic heterocycles. The van der Waals surface area contributed by atoms with E-state index in [4.69, 9.17) is 4.74 Å². The van der Waals surface area contributed by atoms with E-state index in [1.807, 2.05) is 0 Å². The predicted molar refractivity (Wildman–Crippen MR) is 34.6 cm³/mol. The zero-order valence-electron chi connectivity index (χ0n) is 5.50. The monoisotopic (exact) mass is 129 g/mol. The van der Waals surface area contributed by atoms with Crippen molar-refractivity contribution in [3.8, 4) is 0 Å². The average Bonchev–Trinajstić information content (AvgIpc) is 2.16. The molecular formula is C6H11NO2. The van der Waals surface area contributed by atoms with Gasteiger partial charge in [0.2, 0.25) is 0 Å². The van der Waals surface area contributed by atoms with Crippen LogP contribution < -0.4 is 0 Å². The van der Waals surface area contributed by atoms with E-state index >= 15 is 0 Å². The number of methoxy groups -OCH3 is 1. The maximum Gasteiger partial charge on any atom is 0.179 e. The smallest absolute Gasteiger partial charge is 0.179 e. The minimum Gasteiger partial charge on any atom is -0.380 e. The molecule has 1 aliphatic heterocycles. The van der Waals surface area contributed by atoms with Crippen molar-refractivity contribution in [3.63, 3.8) is 0 Å². The molecule has 0 saturated heterocycles. The predicted octanol–water partition coefficient (Wildman–Crippen LogP) is 0.186. The van der Waals surface area contributed by atoms with E-state index in [0.717, 1.165) is 6.42 Å². The van der Waals surface area contributed by atoms with Crippen LogP contribution >= 0.6 is 0 Å². The molecule has 3 heteroatoms. The van der Waals surface area contributed by atoms with Crippen molar-refractivity contribution in [3.05, 3.63) is 0 Å². The van der Waals surface area contributed by atoms with Crippen molar-refractivity contribution in [2.75, 3.05) is 13.7 Å². The molecule has 1 heterocycles. The van der Waals surface area contributed by atoms with E-state index in [2.05, 4.69) is 4.99 Å². The fourth-order valence-corrected chi connectivity index (χ4v) is 0.935. The van der Waals surface area contributed by atoms with Crippen molar-refractivity contribution in [1.29, 1.82) is 0 Å². The normalized spacial score (nSPS) is 33.6. The lowest BCUT2D eigenvalue weighted by atomic mass is 10.2. The molecule has 52 valence electrons. The highest BCUT2D eigenvalue weighted by atomic mass is 16.5.